The van der Waals surface area contributed by atoms with Crippen LogP contribution in [0.15, 0.2) is 12.1 Å². The third-order valence-electron chi connectivity index (χ3n) is 6.18. The van der Waals surface area contributed by atoms with E-state index in [4.69, 9.17) is 9.47 Å². The molecular weight excluding hydrogens is 346 g/mol. The van der Waals surface area contributed by atoms with E-state index in [0.29, 0.717) is 13.2 Å². The molecule has 2 N–H and O–H groups in total. The molecule has 3 amide bonds. The van der Waals surface area contributed by atoms with Crippen molar-refractivity contribution < 1.29 is 19.1 Å². The van der Waals surface area contributed by atoms with Crippen LogP contribution in [-0.4, -0.2) is 50.2 Å². The molecule has 1 fully saturated rings. The zero-order valence-corrected chi connectivity index (χ0v) is 16.0. The zero-order chi connectivity index (χ0) is 19.0. The Morgan fingerprint density at radius 3 is 2.52 bits per heavy atom. The third kappa shape index (κ3) is 3.25. The second-order valence-corrected chi connectivity index (χ2v) is 7.78. The number of carbonyl (C=O) groups excluding carboxylic acids is 2. The SMILES string of the molecule is CNC(=O)NC(=O)CN1CC2(CCCC2)c2cc3c(cc2[C@H]1C)OCCO3. The highest BCUT2D eigenvalue weighted by molar-refractivity contribution is 5.95. The molecule has 2 aliphatic heterocycles. The zero-order valence-electron chi connectivity index (χ0n) is 16.0. The van der Waals surface area contributed by atoms with Crippen molar-refractivity contribution in [3.8, 4) is 11.5 Å². The predicted molar refractivity (Wildman–Crippen MR) is 100 cm³/mol. The molecule has 146 valence electrons. The Balaban J connectivity index is 1.66. The molecule has 0 aromatic heterocycles. The van der Waals surface area contributed by atoms with Crippen LogP contribution in [-0.2, 0) is 10.2 Å². The number of imide groups is 1. The molecule has 0 radical (unpaired) electrons. The highest BCUT2D eigenvalue weighted by Crippen LogP contribution is 2.51. The van der Waals surface area contributed by atoms with Crippen molar-refractivity contribution in [2.24, 2.45) is 0 Å². The summed E-state index contributed by atoms with van der Waals surface area (Å²) in [6.45, 7) is 4.28. The second kappa shape index (κ2) is 7.03. The average Bonchev–Trinajstić information content (AvgIpc) is 3.14. The molecule has 0 unspecified atom stereocenters. The molecule has 1 aromatic rings. The fourth-order valence-electron chi connectivity index (χ4n) is 4.80. The summed E-state index contributed by atoms with van der Waals surface area (Å²) in [5.41, 5.74) is 2.60. The van der Waals surface area contributed by atoms with Gasteiger partial charge in [0, 0.05) is 25.0 Å². The quantitative estimate of drug-likeness (QED) is 0.830. The number of urea groups is 1. The van der Waals surface area contributed by atoms with E-state index in [1.165, 1.54) is 31.0 Å². The minimum absolute atomic E-state index is 0.0466. The number of benzene rings is 1. The number of hydrogen-bond acceptors (Lipinski definition) is 5. The summed E-state index contributed by atoms with van der Waals surface area (Å²) in [6.07, 6.45) is 4.61. The van der Waals surface area contributed by atoms with Gasteiger partial charge in [0.1, 0.15) is 13.2 Å². The van der Waals surface area contributed by atoms with Gasteiger partial charge in [-0.25, -0.2) is 4.79 Å². The largest absolute Gasteiger partial charge is 0.486 e. The lowest BCUT2D eigenvalue weighted by molar-refractivity contribution is -0.122. The number of rotatable bonds is 2. The van der Waals surface area contributed by atoms with E-state index in [9.17, 15) is 9.59 Å². The van der Waals surface area contributed by atoms with Crippen LogP contribution in [0.1, 0.15) is 49.8 Å². The van der Waals surface area contributed by atoms with Crippen LogP contribution < -0.4 is 20.1 Å². The van der Waals surface area contributed by atoms with Gasteiger partial charge in [0.25, 0.3) is 0 Å². The summed E-state index contributed by atoms with van der Waals surface area (Å²) in [4.78, 5) is 26.0. The summed E-state index contributed by atoms with van der Waals surface area (Å²) in [5.74, 6) is 1.34. The number of carbonyl (C=O) groups is 2. The number of fused-ring (bicyclic) bond motifs is 3. The molecule has 2 heterocycles. The Labute approximate surface area is 159 Å². The van der Waals surface area contributed by atoms with E-state index >= 15 is 0 Å². The van der Waals surface area contributed by atoms with Crippen molar-refractivity contribution in [3.05, 3.63) is 23.3 Å². The van der Waals surface area contributed by atoms with Crippen LogP contribution in [0, 0.1) is 0 Å². The fourth-order valence-corrected chi connectivity index (χ4v) is 4.80. The van der Waals surface area contributed by atoms with Gasteiger partial charge in [0.2, 0.25) is 5.91 Å². The Kier molecular flexibility index (Phi) is 4.72. The van der Waals surface area contributed by atoms with Crippen molar-refractivity contribution in [1.82, 2.24) is 15.5 Å². The molecule has 27 heavy (non-hydrogen) atoms. The third-order valence-corrected chi connectivity index (χ3v) is 6.18. The van der Waals surface area contributed by atoms with Gasteiger partial charge in [-0.3, -0.25) is 15.0 Å². The van der Waals surface area contributed by atoms with E-state index in [1.807, 2.05) is 0 Å². The van der Waals surface area contributed by atoms with Gasteiger partial charge < -0.3 is 14.8 Å². The van der Waals surface area contributed by atoms with Crippen LogP contribution in [0.3, 0.4) is 0 Å². The fraction of sp³-hybridized carbons (Fsp3) is 0.600. The molecule has 1 aliphatic carbocycles. The van der Waals surface area contributed by atoms with Gasteiger partial charge >= 0.3 is 6.03 Å². The topological polar surface area (TPSA) is 79.9 Å². The van der Waals surface area contributed by atoms with Gasteiger partial charge in [-0.2, -0.15) is 0 Å². The monoisotopic (exact) mass is 373 g/mol. The van der Waals surface area contributed by atoms with Crippen LogP contribution >= 0.6 is 0 Å². The highest BCUT2D eigenvalue weighted by Gasteiger charge is 2.45. The molecule has 1 saturated carbocycles. The first-order chi connectivity index (χ1) is 13.0. The van der Waals surface area contributed by atoms with Gasteiger partial charge in [-0.05, 0) is 43.0 Å². The number of amides is 3. The van der Waals surface area contributed by atoms with E-state index in [-0.39, 0.29) is 23.9 Å². The minimum atomic E-state index is -0.472. The van der Waals surface area contributed by atoms with Crippen LogP contribution in [0.2, 0.25) is 0 Å². The average molecular weight is 373 g/mol. The van der Waals surface area contributed by atoms with Gasteiger partial charge in [-0.15, -0.1) is 0 Å². The molecule has 7 nitrogen and oxygen atoms in total. The van der Waals surface area contributed by atoms with E-state index < -0.39 is 6.03 Å². The number of ether oxygens (including phenoxy) is 2. The van der Waals surface area contributed by atoms with Crippen molar-refractivity contribution in [1.29, 1.82) is 0 Å². The summed E-state index contributed by atoms with van der Waals surface area (Å²) in [7, 11) is 1.50. The molecule has 4 rings (SSSR count). The first-order valence-electron chi connectivity index (χ1n) is 9.72. The molecule has 1 atom stereocenters. The first kappa shape index (κ1) is 18.1. The van der Waals surface area contributed by atoms with Gasteiger partial charge in [0.05, 0.1) is 6.54 Å². The molecule has 1 spiro atoms. The lowest BCUT2D eigenvalue weighted by atomic mass is 9.71. The summed E-state index contributed by atoms with van der Waals surface area (Å²) >= 11 is 0. The standard InChI is InChI=1S/C20H27N3O4/c1-13-14-9-16-17(27-8-7-26-16)10-15(14)20(5-3-4-6-20)12-23(13)11-18(24)22-19(25)21-2/h9-10,13H,3-8,11-12H2,1-2H3,(H2,21,22,24,25)/t13-/m1/s1. The van der Waals surface area contributed by atoms with E-state index in [0.717, 1.165) is 30.9 Å². The Morgan fingerprint density at radius 2 is 1.85 bits per heavy atom. The minimum Gasteiger partial charge on any atom is -0.486 e. The maximum Gasteiger partial charge on any atom is 0.321 e. The van der Waals surface area contributed by atoms with Crippen molar-refractivity contribution in [2.75, 3.05) is 33.4 Å². The van der Waals surface area contributed by atoms with Crippen molar-refractivity contribution >= 4 is 11.9 Å². The summed E-state index contributed by atoms with van der Waals surface area (Å²) in [6, 6.07) is 3.86. The lowest BCUT2D eigenvalue weighted by Gasteiger charge is -2.46. The Hall–Kier alpha value is -2.28. The Morgan fingerprint density at radius 1 is 1.19 bits per heavy atom. The number of hydrogen-bond donors (Lipinski definition) is 2. The molecule has 0 saturated heterocycles. The normalized spacial score (nSPS) is 23.0. The highest BCUT2D eigenvalue weighted by atomic mass is 16.6. The second-order valence-electron chi connectivity index (χ2n) is 7.78. The smallest absolute Gasteiger partial charge is 0.321 e. The van der Waals surface area contributed by atoms with Crippen molar-refractivity contribution in [2.45, 2.75) is 44.1 Å². The molecule has 3 aliphatic rings. The molecule has 7 heteroatoms. The summed E-state index contributed by atoms with van der Waals surface area (Å²) in [5, 5.41) is 4.80. The van der Waals surface area contributed by atoms with Crippen LogP contribution in [0.5, 0.6) is 11.5 Å². The number of nitrogens with zero attached hydrogens (tertiary/aromatic N) is 1. The van der Waals surface area contributed by atoms with Gasteiger partial charge in [-0.1, -0.05) is 12.8 Å². The van der Waals surface area contributed by atoms with Crippen LogP contribution in [0.4, 0.5) is 4.79 Å². The molecule has 1 aromatic carbocycles. The van der Waals surface area contributed by atoms with E-state index in [1.54, 1.807) is 0 Å². The van der Waals surface area contributed by atoms with Gasteiger partial charge in [0.15, 0.2) is 11.5 Å². The maximum atomic E-state index is 12.3. The predicted octanol–water partition coefficient (Wildman–Crippen LogP) is 2.10. The van der Waals surface area contributed by atoms with E-state index in [2.05, 4.69) is 34.6 Å². The lowest BCUT2D eigenvalue weighted by Crippen LogP contribution is -2.50. The molecular formula is C20H27N3O4. The van der Waals surface area contributed by atoms with Crippen molar-refractivity contribution in [3.63, 3.8) is 0 Å². The van der Waals surface area contributed by atoms with Crippen LogP contribution in [0.25, 0.3) is 0 Å². The molecule has 0 bridgehead atoms. The first-order valence-corrected chi connectivity index (χ1v) is 9.72. The Bertz CT molecular complexity index is 758. The summed E-state index contributed by atoms with van der Waals surface area (Å²) < 4.78 is 11.6. The maximum absolute atomic E-state index is 12.3. The number of nitrogens with one attached hydrogen (secondary N) is 2.